The van der Waals surface area contributed by atoms with Gasteiger partial charge in [0.1, 0.15) is 11.4 Å². The van der Waals surface area contributed by atoms with Gasteiger partial charge >= 0.3 is 0 Å². The summed E-state index contributed by atoms with van der Waals surface area (Å²) in [6, 6.07) is 33.4. The Balaban J connectivity index is 1.82. The van der Waals surface area contributed by atoms with Crippen LogP contribution in [0.1, 0.15) is 5.56 Å². The zero-order chi connectivity index (χ0) is 18.9. The summed E-state index contributed by atoms with van der Waals surface area (Å²) in [5.74, 6) is 0. The Labute approximate surface area is 164 Å². The van der Waals surface area contributed by atoms with Crippen LogP contribution in [0.4, 0.5) is 28.4 Å². The Morgan fingerprint density at radius 3 is 1.79 bits per heavy atom. The molecule has 0 unspecified atom stereocenters. The molecule has 0 fully saturated rings. The first-order valence-corrected chi connectivity index (χ1v) is 9.37. The van der Waals surface area contributed by atoms with E-state index in [1.165, 1.54) is 16.7 Å². The van der Waals surface area contributed by atoms with Crippen LogP contribution in [-0.4, -0.2) is 0 Å². The minimum atomic E-state index is 0.860. The Bertz CT molecular complexity index is 1130. The molecule has 5 rings (SSSR count). The Kier molecular flexibility index (Phi) is 3.99. The van der Waals surface area contributed by atoms with Gasteiger partial charge in [0.15, 0.2) is 0 Å². The van der Waals surface area contributed by atoms with Gasteiger partial charge in [0.2, 0.25) is 0 Å². The molecule has 0 spiro atoms. The summed E-state index contributed by atoms with van der Waals surface area (Å²) in [4.78, 5) is 2.27. The molecule has 1 aliphatic heterocycles. The number of rotatable bonds is 2. The van der Waals surface area contributed by atoms with Crippen LogP contribution in [0.2, 0.25) is 0 Å². The van der Waals surface area contributed by atoms with Crippen LogP contribution in [0.25, 0.3) is 11.1 Å². The smallest absolute Gasteiger partial charge is 0.110 e. The van der Waals surface area contributed by atoms with Crippen molar-refractivity contribution in [3.63, 3.8) is 0 Å². The first-order chi connectivity index (χ1) is 13.8. The molecule has 1 aliphatic rings. The highest BCUT2D eigenvalue weighted by molar-refractivity contribution is 5.94. The normalized spacial score (nSPS) is 12.2. The highest BCUT2D eigenvalue weighted by Gasteiger charge is 2.23. The summed E-state index contributed by atoms with van der Waals surface area (Å²) in [5.41, 5.74) is 8.49. The third-order valence-corrected chi connectivity index (χ3v) is 4.99. The van der Waals surface area contributed by atoms with Crippen molar-refractivity contribution in [2.45, 2.75) is 6.92 Å². The zero-order valence-electron chi connectivity index (χ0n) is 15.6. The molecule has 0 aliphatic carbocycles. The number of hydrogen-bond acceptors (Lipinski definition) is 3. The van der Waals surface area contributed by atoms with Crippen molar-refractivity contribution in [2.24, 2.45) is 10.2 Å². The van der Waals surface area contributed by atoms with E-state index < -0.39 is 0 Å². The lowest BCUT2D eigenvalue weighted by Gasteiger charge is -2.28. The van der Waals surface area contributed by atoms with E-state index in [9.17, 15) is 0 Å². The quantitative estimate of drug-likeness (QED) is 0.314. The van der Waals surface area contributed by atoms with E-state index in [4.69, 9.17) is 0 Å². The predicted octanol–water partition coefficient (Wildman–Crippen LogP) is 7.86. The highest BCUT2D eigenvalue weighted by Crippen LogP contribution is 2.49. The van der Waals surface area contributed by atoms with Gasteiger partial charge in [0.05, 0.1) is 17.1 Å². The minimum absolute atomic E-state index is 0.860. The molecule has 0 amide bonds. The second-order valence-electron chi connectivity index (χ2n) is 6.90. The molecule has 134 valence electrons. The third-order valence-electron chi connectivity index (χ3n) is 4.99. The van der Waals surface area contributed by atoms with Crippen molar-refractivity contribution in [1.82, 2.24) is 0 Å². The van der Waals surface area contributed by atoms with Gasteiger partial charge in [0.25, 0.3) is 0 Å². The van der Waals surface area contributed by atoms with Crippen molar-refractivity contribution in [1.29, 1.82) is 0 Å². The van der Waals surface area contributed by atoms with E-state index in [2.05, 4.69) is 76.6 Å². The van der Waals surface area contributed by atoms with E-state index in [1.807, 2.05) is 42.5 Å². The molecular formula is C25H19N3. The number of para-hydroxylation sites is 2. The molecule has 3 heteroatoms. The maximum absolute atomic E-state index is 4.51. The average molecular weight is 361 g/mol. The second-order valence-corrected chi connectivity index (χ2v) is 6.90. The van der Waals surface area contributed by atoms with Crippen LogP contribution in [0.15, 0.2) is 107 Å². The van der Waals surface area contributed by atoms with E-state index in [0.717, 1.165) is 28.4 Å². The number of nitrogens with zero attached hydrogens (tertiary/aromatic N) is 3. The second kappa shape index (κ2) is 6.78. The van der Waals surface area contributed by atoms with E-state index in [1.54, 1.807) is 0 Å². The van der Waals surface area contributed by atoms with Gasteiger partial charge in [-0.15, -0.1) is 10.2 Å². The van der Waals surface area contributed by atoms with Crippen LogP contribution < -0.4 is 4.90 Å². The summed E-state index contributed by atoms with van der Waals surface area (Å²) in [5, 5.41) is 9.01. The SMILES string of the molecule is Cc1ccc(N2c3ccccc3N=Nc3ccccc32)c(-c2ccccc2)c1. The maximum atomic E-state index is 4.51. The lowest BCUT2D eigenvalue weighted by Crippen LogP contribution is -2.11. The van der Waals surface area contributed by atoms with Crippen molar-refractivity contribution in [2.75, 3.05) is 4.90 Å². The molecular weight excluding hydrogens is 342 g/mol. The first kappa shape index (κ1) is 16.5. The molecule has 3 nitrogen and oxygen atoms in total. The fourth-order valence-electron chi connectivity index (χ4n) is 3.67. The topological polar surface area (TPSA) is 28.0 Å². The van der Waals surface area contributed by atoms with E-state index in [-0.39, 0.29) is 0 Å². The lowest BCUT2D eigenvalue weighted by molar-refractivity contribution is 1.25. The van der Waals surface area contributed by atoms with Crippen LogP contribution in [0.5, 0.6) is 0 Å². The molecule has 4 aromatic rings. The lowest BCUT2D eigenvalue weighted by atomic mass is 9.99. The summed E-state index contributed by atoms with van der Waals surface area (Å²) in [6.45, 7) is 2.13. The van der Waals surface area contributed by atoms with Crippen LogP contribution in [0.3, 0.4) is 0 Å². The number of benzene rings is 4. The van der Waals surface area contributed by atoms with E-state index >= 15 is 0 Å². The number of aryl methyl sites for hydroxylation is 1. The number of fused-ring (bicyclic) bond motifs is 2. The fraction of sp³-hybridized carbons (Fsp3) is 0.0400. The van der Waals surface area contributed by atoms with Gasteiger partial charge < -0.3 is 4.90 Å². The number of hydrogen-bond donors (Lipinski definition) is 0. The summed E-state index contributed by atoms with van der Waals surface area (Å²) in [6.07, 6.45) is 0. The molecule has 0 radical (unpaired) electrons. The Morgan fingerprint density at radius 1 is 0.571 bits per heavy atom. The van der Waals surface area contributed by atoms with Gasteiger partial charge in [-0.2, -0.15) is 0 Å². The van der Waals surface area contributed by atoms with Crippen LogP contribution in [-0.2, 0) is 0 Å². The third kappa shape index (κ3) is 2.78. The number of anilines is 3. The standard InChI is InChI=1S/C25H19N3/c1-18-15-16-23(20(17-18)19-9-3-2-4-10-19)28-24-13-7-5-11-21(24)26-27-22-12-6-8-14-25(22)28/h2-17H,1H3. The van der Waals surface area contributed by atoms with Crippen molar-refractivity contribution in [3.05, 3.63) is 103 Å². The molecule has 0 saturated heterocycles. The molecule has 4 aromatic carbocycles. The zero-order valence-corrected chi connectivity index (χ0v) is 15.6. The van der Waals surface area contributed by atoms with Gasteiger partial charge in [-0.1, -0.05) is 66.2 Å². The molecule has 0 atom stereocenters. The summed E-state index contributed by atoms with van der Waals surface area (Å²) < 4.78 is 0. The van der Waals surface area contributed by atoms with Gasteiger partial charge in [-0.25, -0.2) is 0 Å². The van der Waals surface area contributed by atoms with Gasteiger partial charge in [-0.3, -0.25) is 0 Å². The minimum Gasteiger partial charge on any atom is -0.305 e. The summed E-state index contributed by atoms with van der Waals surface area (Å²) in [7, 11) is 0. The number of azo groups is 1. The van der Waals surface area contributed by atoms with Crippen molar-refractivity contribution >= 4 is 28.4 Å². The van der Waals surface area contributed by atoms with Gasteiger partial charge in [0, 0.05) is 5.56 Å². The molecule has 0 N–H and O–H groups in total. The average Bonchev–Trinajstić information content (AvgIpc) is 2.91. The monoisotopic (exact) mass is 361 g/mol. The van der Waals surface area contributed by atoms with Crippen LogP contribution in [0, 0.1) is 6.92 Å². The Hall–Kier alpha value is -3.72. The molecule has 0 saturated carbocycles. The maximum Gasteiger partial charge on any atom is 0.110 e. The summed E-state index contributed by atoms with van der Waals surface area (Å²) >= 11 is 0. The largest absolute Gasteiger partial charge is 0.305 e. The van der Waals surface area contributed by atoms with E-state index in [0.29, 0.717) is 0 Å². The molecule has 0 aromatic heterocycles. The highest BCUT2D eigenvalue weighted by atomic mass is 15.2. The predicted molar refractivity (Wildman–Crippen MR) is 115 cm³/mol. The van der Waals surface area contributed by atoms with Crippen molar-refractivity contribution < 1.29 is 0 Å². The molecule has 28 heavy (non-hydrogen) atoms. The van der Waals surface area contributed by atoms with Gasteiger partial charge in [-0.05, 0) is 48.9 Å². The van der Waals surface area contributed by atoms with Crippen LogP contribution >= 0.6 is 0 Å². The molecule has 0 bridgehead atoms. The molecule has 1 heterocycles. The first-order valence-electron chi connectivity index (χ1n) is 9.37. The van der Waals surface area contributed by atoms with Crippen molar-refractivity contribution in [3.8, 4) is 11.1 Å². The Morgan fingerprint density at radius 2 is 1.14 bits per heavy atom. The fourth-order valence-corrected chi connectivity index (χ4v) is 3.67.